The van der Waals surface area contributed by atoms with Gasteiger partial charge in [0.25, 0.3) is 0 Å². The molecule has 2 fully saturated rings. The maximum atomic E-state index is 9.91. The first-order chi connectivity index (χ1) is 13.1. The van der Waals surface area contributed by atoms with Crippen molar-refractivity contribution in [2.45, 2.75) is 78.0 Å². The van der Waals surface area contributed by atoms with E-state index < -0.39 is 0 Å². The number of likely N-dealkylation sites (tertiary alicyclic amines) is 1. The summed E-state index contributed by atoms with van der Waals surface area (Å²) >= 11 is 0. The Morgan fingerprint density at radius 1 is 0.963 bits per heavy atom. The maximum Gasteiger partial charge on any atom is 0.0833 e. The highest BCUT2D eigenvalue weighted by molar-refractivity contribution is 5.82. The second-order valence-corrected chi connectivity index (χ2v) is 9.31. The van der Waals surface area contributed by atoms with Crippen LogP contribution in [0, 0.1) is 18.8 Å². The predicted octanol–water partition coefficient (Wildman–Crippen LogP) is 5.29. The molecule has 0 unspecified atom stereocenters. The molecule has 4 rings (SSSR count). The number of benzene rings is 1. The van der Waals surface area contributed by atoms with Crippen LogP contribution in [0.4, 0.5) is 0 Å². The van der Waals surface area contributed by atoms with Gasteiger partial charge in [0, 0.05) is 41.8 Å². The summed E-state index contributed by atoms with van der Waals surface area (Å²) in [6.45, 7) is 9.46. The molecule has 1 aromatic heterocycles. The third-order valence-electron chi connectivity index (χ3n) is 7.30. The minimum absolute atomic E-state index is 0.132. The molecule has 2 aliphatic rings. The molecule has 3 nitrogen and oxygen atoms in total. The van der Waals surface area contributed by atoms with Crippen LogP contribution in [-0.2, 0) is 6.61 Å². The molecular weight excluding hydrogens is 332 g/mol. The Morgan fingerprint density at radius 2 is 1.67 bits per heavy atom. The quantitative estimate of drug-likeness (QED) is 0.794. The predicted molar refractivity (Wildman–Crippen MR) is 113 cm³/mol. The van der Waals surface area contributed by atoms with Crippen LogP contribution >= 0.6 is 0 Å². The van der Waals surface area contributed by atoms with Crippen LogP contribution in [0.15, 0.2) is 24.3 Å². The number of aryl methyl sites for hydroxylation is 1. The minimum Gasteiger partial charge on any atom is -0.390 e. The molecule has 0 atom stereocenters. The summed E-state index contributed by atoms with van der Waals surface area (Å²) in [7, 11) is 0. The van der Waals surface area contributed by atoms with Crippen molar-refractivity contribution in [1.29, 1.82) is 0 Å². The lowest BCUT2D eigenvalue weighted by atomic mass is 9.79. The van der Waals surface area contributed by atoms with E-state index in [2.05, 4.69) is 54.5 Å². The average Bonchev–Trinajstić information content (AvgIpc) is 3.05. The van der Waals surface area contributed by atoms with Gasteiger partial charge in [0.1, 0.15) is 0 Å². The number of nitrogens with zero attached hydrogens (tertiary/aromatic N) is 2. The van der Waals surface area contributed by atoms with Gasteiger partial charge < -0.3 is 14.6 Å². The Kier molecular flexibility index (Phi) is 5.61. The van der Waals surface area contributed by atoms with Crippen molar-refractivity contribution in [3.05, 3.63) is 35.5 Å². The number of aliphatic hydroxyl groups excluding tert-OH is 1. The lowest BCUT2D eigenvalue weighted by molar-refractivity contribution is 0.0882. The zero-order valence-corrected chi connectivity index (χ0v) is 17.3. The minimum atomic E-state index is 0.132. The molecule has 2 aromatic rings. The van der Waals surface area contributed by atoms with E-state index in [9.17, 15) is 5.11 Å². The van der Waals surface area contributed by atoms with E-state index in [0.29, 0.717) is 6.04 Å². The second-order valence-electron chi connectivity index (χ2n) is 9.31. The van der Waals surface area contributed by atoms with Crippen LogP contribution in [0.3, 0.4) is 0 Å². The van der Waals surface area contributed by atoms with E-state index in [1.165, 1.54) is 68.1 Å². The normalized spacial score (nSPS) is 25.5. The molecular formula is C24H36N2O. The second kappa shape index (κ2) is 7.97. The van der Waals surface area contributed by atoms with Crippen molar-refractivity contribution in [2.24, 2.45) is 11.8 Å². The van der Waals surface area contributed by atoms with E-state index in [1.807, 2.05) is 0 Å². The van der Waals surface area contributed by atoms with Crippen LogP contribution in [0.25, 0.3) is 10.9 Å². The zero-order chi connectivity index (χ0) is 19.0. The number of aromatic nitrogens is 1. The van der Waals surface area contributed by atoms with Crippen molar-refractivity contribution in [3.63, 3.8) is 0 Å². The summed E-state index contributed by atoms with van der Waals surface area (Å²) in [4.78, 5) is 2.77. The SMILES string of the molecule is Cc1ccc2c(c1)cc(CO)n2C1CCN(C2CCC(C(C)C)CC2)CC1. The van der Waals surface area contributed by atoms with E-state index in [1.54, 1.807) is 0 Å². The van der Waals surface area contributed by atoms with Crippen molar-refractivity contribution < 1.29 is 5.11 Å². The summed E-state index contributed by atoms with van der Waals surface area (Å²) in [5.74, 6) is 1.79. The number of hydrogen-bond acceptors (Lipinski definition) is 2. The largest absolute Gasteiger partial charge is 0.390 e. The Bertz CT molecular complexity index is 762. The van der Waals surface area contributed by atoms with Gasteiger partial charge in [-0.05, 0) is 75.5 Å². The zero-order valence-electron chi connectivity index (χ0n) is 17.3. The monoisotopic (exact) mass is 368 g/mol. The fourth-order valence-electron chi connectivity index (χ4n) is 5.61. The molecule has 1 aromatic carbocycles. The van der Waals surface area contributed by atoms with E-state index in [0.717, 1.165) is 23.6 Å². The highest BCUT2D eigenvalue weighted by Gasteiger charge is 2.31. The molecule has 148 valence electrons. The number of aliphatic hydroxyl groups is 1. The molecule has 1 aliphatic carbocycles. The fraction of sp³-hybridized carbons (Fsp3) is 0.667. The van der Waals surface area contributed by atoms with Gasteiger partial charge in [-0.15, -0.1) is 0 Å². The van der Waals surface area contributed by atoms with Gasteiger partial charge in [-0.1, -0.05) is 25.5 Å². The highest BCUT2D eigenvalue weighted by Crippen LogP contribution is 2.36. The van der Waals surface area contributed by atoms with Gasteiger partial charge in [-0.2, -0.15) is 0 Å². The third kappa shape index (κ3) is 3.82. The lowest BCUT2D eigenvalue weighted by Gasteiger charge is -2.42. The van der Waals surface area contributed by atoms with Gasteiger partial charge in [-0.3, -0.25) is 0 Å². The molecule has 1 aliphatic heterocycles. The third-order valence-corrected chi connectivity index (χ3v) is 7.30. The number of hydrogen-bond donors (Lipinski definition) is 1. The van der Waals surface area contributed by atoms with Crippen LogP contribution in [0.2, 0.25) is 0 Å². The molecule has 0 spiro atoms. The Labute approximate surface area is 164 Å². The molecule has 1 saturated carbocycles. The van der Waals surface area contributed by atoms with Gasteiger partial charge in [-0.25, -0.2) is 0 Å². The first-order valence-corrected chi connectivity index (χ1v) is 11.0. The number of piperidine rings is 1. The lowest BCUT2D eigenvalue weighted by Crippen LogP contribution is -2.44. The van der Waals surface area contributed by atoms with Crippen molar-refractivity contribution >= 4 is 10.9 Å². The highest BCUT2D eigenvalue weighted by atomic mass is 16.3. The van der Waals surface area contributed by atoms with Crippen molar-refractivity contribution in [3.8, 4) is 0 Å². The first kappa shape index (κ1) is 19.0. The Morgan fingerprint density at radius 3 is 2.30 bits per heavy atom. The van der Waals surface area contributed by atoms with Crippen LogP contribution in [0.5, 0.6) is 0 Å². The number of rotatable bonds is 4. The Hall–Kier alpha value is -1.32. The molecule has 2 heterocycles. The molecule has 1 N–H and O–H groups in total. The molecule has 0 radical (unpaired) electrons. The molecule has 0 amide bonds. The topological polar surface area (TPSA) is 28.4 Å². The van der Waals surface area contributed by atoms with E-state index in [4.69, 9.17) is 0 Å². The summed E-state index contributed by atoms with van der Waals surface area (Å²) in [5, 5.41) is 11.2. The van der Waals surface area contributed by atoms with Crippen LogP contribution in [-0.4, -0.2) is 33.7 Å². The fourth-order valence-corrected chi connectivity index (χ4v) is 5.61. The molecule has 27 heavy (non-hydrogen) atoms. The molecule has 1 saturated heterocycles. The maximum absolute atomic E-state index is 9.91. The number of fused-ring (bicyclic) bond motifs is 1. The standard InChI is InChI=1S/C24H36N2O/c1-17(2)19-5-7-21(8-6-19)25-12-10-22(11-13-25)26-23(16-27)15-20-14-18(3)4-9-24(20)26/h4,9,14-15,17,19,21-22,27H,5-8,10-13,16H2,1-3H3. The average molecular weight is 369 g/mol. The van der Waals surface area contributed by atoms with Gasteiger partial charge in [0.2, 0.25) is 0 Å². The van der Waals surface area contributed by atoms with E-state index >= 15 is 0 Å². The van der Waals surface area contributed by atoms with Crippen molar-refractivity contribution in [2.75, 3.05) is 13.1 Å². The van der Waals surface area contributed by atoms with Gasteiger partial charge in [0.15, 0.2) is 0 Å². The summed E-state index contributed by atoms with van der Waals surface area (Å²) < 4.78 is 2.43. The first-order valence-electron chi connectivity index (χ1n) is 11.0. The molecule has 0 bridgehead atoms. The molecule has 3 heteroatoms. The smallest absolute Gasteiger partial charge is 0.0833 e. The van der Waals surface area contributed by atoms with Gasteiger partial charge >= 0.3 is 0 Å². The van der Waals surface area contributed by atoms with Gasteiger partial charge in [0.05, 0.1) is 6.61 Å². The summed E-state index contributed by atoms with van der Waals surface area (Å²) in [6.07, 6.45) is 8.02. The van der Waals surface area contributed by atoms with E-state index in [-0.39, 0.29) is 6.61 Å². The van der Waals surface area contributed by atoms with Crippen LogP contribution < -0.4 is 0 Å². The summed E-state index contributed by atoms with van der Waals surface area (Å²) in [6, 6.07) is 10.2. The summed E-state index contributed by atoms with van der Waals surface area (Å²) in [5.41, 5.74) is 3.66. The van der Waals surface area contributed by atoms with Crippen LogP contribution in [0.1, 0.15) is 69.7 Å². The van der Waals surface area contributed by atoms with Crippen molar-refractivity contribution in [1.82, 2.24) is 9.47 Å². The Balaban J connectivity index is 1.43.